The van der Waals surface area contributed by atoms with E-state index in [4.69, 9.17) is 9.47 Å². The van der Waals surface area contributed by atoms with Crippen molar-refractivity contribution in [3.05, 3.63) is 0 Å². The van der Waals surface area contributed by atoms with E-state index in [2.05, 4.69) is 19.2 Å². The summed E-state index contributed by atoms with van der Waals surface area (Å²) in [7, 11) is 0. The van der Waals surface area contributed by atoms with Gasteiger partial charge < -0.3 is 19.7 Å². The molecule has 1 amide bonds. The first-order valence-corrected chi connectivity index (χ1v) is 8.20. The van der Waals surface area contributed by atoms with Gasteiger partial charge in [0.15, 0.2) is 0 Å². The van der Waals surface area contributed by atoms with Crippen molar-refractivity contribution in [1.82, 2.24) is 10.2 Å². The topological polar surface area (TPSA) is 50.8 Å². The van der Waals surface area contributed by atoms with E-state index in [0.717, 1.165) is 19.4 Å². The van der Waals surface area contributed by atoms with Gasteiger partial charge in [0.1, 0.15) is 0 Å². The number of hydrogen-bond acceptors (Lipinski definition) is 4. The third-order valence-corrected chi connectivity index (χ3v) is 4.11. The van der Waals surface area contributed by atoms with Crippen LogP contribution in [0.3, 0.4) is 0 Å². The summed E-state index contributed by atoms with van der Waals surface area (Å²) in [5.74, 6) is 0.180. The molecule has 1 heterocycles. The minimum Gasteiger partial charge on any atom is -0.380 e. The number of nitrogens with one attached hydrogen (secondary N) is 1. The molecule has 1 aliphatic rings. The van der Waals surface area contributed by atoms with E-state index in [1.54, 1.807) is 0 Å². The molecule has 1 N–H and O–H groups in total. The maximum atomic E-state index is 12.9. The van der Waals surface area contributed by atoms with Gasteiger partial charge in [0.05, 0.1) is 19.3 Å². The van der Waals surface area contributed by atoms with E-state index < -0.39 is 0 Å². The monoisotopic (exact) mass is 300 g/mol. The largest absolute Gasteiger partial charge is 0.380 e. The number of carbonyl (C=O) groups excluding carboxylic acids is 1. The van der Waals surface area contributed by atoms with Crippen LogP contribution in [0.4, 0.5) is 0 Å². The van der Waals surface area contributed by atoms with Crippen molar-refractivity contribution in [3.63, 3.8) is 0 Å². The third kappa shape index (κ3) is 5.93. The highest BCUT2D eigenvalue weighted by Crippen LogP contribution is 2.31. The fourth-order valence-electron chi connectivity index (χ4n) is 2.79. The Hall–Kier alpha value is -0.650. The lowest BCUT2D eigenvalue weighted by atomic mass is 9.77. The predicted octanol–water partition coefficient (Wildman–Crippen LogP) is 1.67. The smallest absolute Gasteiger partial charge is 0.240 e. The number of carbonyl (C=O) groups is 1. The summed E-state index contributed by atoms with van der Waals surface area (Å²) in [5, 5.41) is 3.40. The maximum absolute atomic E-state index is 12.9. The minimum atomic E-state index is -0.102. The number of amides is 1. The molecule has 0 saturated carbocycles. The lowest BCUT2D eigenvalue weighted by molar-refractivity contribution is -0.139. The molecule has 1 fully saturated rings. The Kier molecular flexibility index (Phi) is 8.22. The zero-order valence-corrected chi connectivity index (χ0v) is 14.1. The van der Waals surface area contributed by atoms with Gasteiger partial charge in [-0.15, -0.1) is 0 Å². The van der Waals surface area contributed by atoms with Gasteiger partial charge in [-0.05, 0) is 38.6 Å². The molecular formula is C16H32N2O3. The molecule has 21 heavy (non-hydrogen) atoms. The van der Waals surface area contributed by atoms with Crippen molar-refractivity contribution in [2.45, 2.75) is 46.6 Å². The van der Waals surface area contributed by atoms with Gasteiger partial charge in [-0.2, -0.15) is 0 Å². The van der Waals surface area contributed by atoms with E-state index >= 15 is 0 Å². The number of hydrogen-bond donors (Lipinski definition) is 1. The number of rotatable bonds is 9. The Labute approximate surface area is 129 Å². The first kappa shape index (κ1) is 18.4. The summed E-state index contributed by atoms with van der Waals surface area (Å²) < 4.78 is 10.8. The maximum Gasteiger partial charge on any atom is 0.240 e. The zero-order valence-electron chi connectivity index (χ0n) is 14.1. The summed E-state index contributed by atoms with van der Waals surface area (Å²) in [6.45, 7) is 13.0. The van der Waals surface area contributed by atoms with Crippen molar-refractivity contribution >= 4 is 5.91 Å². The van der Waals surface area contributed by atoms with Gasteiger partial charge >= 0.3 is 0 Å². The molecule has 5 nitrogen and oxygen atoms in total. The normalized spacial score (nSPS) is 21.2. The van der Waals surface area contributed by atoms with E-state index in [1.807, 2.05) is 18.7 Å². The highest BCUT2D eigenvalue weighted by molar-refractivity contribution is 5.83. The van der Waals surface area contributed by atoms with Gasteiger partial charge in [-0.25, -0.2) is 0 Å². The van der Waals surface area contributed by atoms with E-state index in [9.17, 15) is 4.79 Å². The fraction of sp³-hybridized carbons (Fsp3) is 0.938. The fourth-order valence-corrected chi connectivity index (χ4v) is 2.79. The van der Waals surface area contributed by atoms with Crippen LogP contribution in [0.15, 0.2) is 0 Å². The number of ether oxygens (including phenoxy) is 2. The van der Waals surface area contributed by atoms with Crippen LogP contribution in [0.5, 0.6) is 0 Å². The van der Waals surface area contributed by atoms with Gasteiger partial charge in [-0.1, -0.05) is 13.8 Å². The van der Waals surface area contributed by atoms with E-state index in [1.165, 1.54) is 0 Å². The van der Waals surface area contributed by atoms with Crippen LogP contribution in [-0.4, -0.2) is 62.9 Å². The van der Waals surface area contributed by atoms with Gasteiger partial charge in [0.2, 0.25) is 5.91 Å². The Balaban J connectivity index is 2.63. The van der Waals surface area contributed by atoms with Crippen molar-refractivity contribution in [1.29, 1.82) is 0 Å². The summed E-state index contributed by atoms with van der Waals surface area (Å²) >= 11 is 0. The van der Waals surface area contributed by atoms with Gasteiger partial charge in [-0.3, -0.25) is 4.79 Å². The predicted molar refractivity (Wildman–Crippen MR) is 84.4 cm³/mol. The molecule has 1 saturated heterocycles. The second-order valence-electron chi connectivity index (χ2n) is 6.20. The summed E-state index contributed by atoms with van der Waals surface area (Å²) in [6, 6.07) is -0.102. The highest BCUT2D eigenvalue weighted by atomic mass is 16.5. The molecule has 1 unspecified atom stereocenters. The van der Waals surface area contributed by atoms with E-state index in [0.29, 0.717) is 39.5 Å². The average Bonchev–Trinajstić information content (AvgIpc) is 2.45. The molecule has 0 aromatic carbocycles. The molecule has 0 radical (unpaired) electrons. The second-order valence-corrected chi connectivity index (χ2v) is 6.20. The lowest BCUT2D eigenvalue weighted by Crippen LogP contribution is -2.57. The van der Waals surface area contributed by atoms with E-state index in [-0.39, 0.29) is 17.4 Å². The van der Waals surface area contributed by atoms with Crippen LogP contribution in [-0.2, 0) is 14.3 Å². The first-order chi connectivity index (χ1) is 10.0. The Morgan fingerprint density at radius 1 is 1.19 bits per heavy atom. The third-order valence-electron chi connectivity index (χ3n) is 4.11. The molecule has 124 valence electrons. The second kappa shape index (κ2) is 9.38. The Morgan fingerprint density at radius 2 is 1.76 bits per heavy atom. The van der Waals surface area contributed by atoms with Crippen molar-refractivity contribution in [2.75, 3.05) is 46.1 Å². The van der Waals surface area contributed by atoms with Gasteiger partial charge in [0, 0.05) is 26.3 Å². The summed E-state index contributed by atoms with van der Waals surface area (Å²) in [6.07, 6.45) is 2.22. The first-order valence-electron chi connectivity index (χ1n) is 8.20. The molecule has 0 aromatic heterocycles. The summed E-state index contributed by atoms with van der Waals surface area (Å²) in [4.78, 5) is 14.7. The highest BCUT2D eigenvalue weighted by Gasteiger charge is 2.38. The number of piperidine rings is 1. The molecule has 1 rings (SSSR count). The molecule has 0 aromatic rings. The van der Waals surface area contributed by atoms with Crippen molar-refractivity contribution in [2.24, 2.45) is 5.41 Å². The molecule has 0 aliphatic carbocycles. The minimum absolute atomic E-state index is 0.00477. The average molecular weight is 300 g/mol. The Bertz CT molecular complexity index is 298. The molecule has 5 heteroatoms. The van der Waals surface area contributed by atoms with Crippen LogP contribution in [0.25, 0.3) is 0 Å². The molecular weight excluding hydrogens is 268 g/mol. The lowest BCUT2D eigenvalue weighted by Gasteiger charge is -2.40. The van der Waals surface area contributed by atoms with Crippen LogP contribution < -0.4 is 5.32 Å². The summed E-state index contributed by atoms with van der Waals surface area (Å²) in [5.41, 5.74) is 0.00477. The quantitative estimate of drug-likeness (QED) is 0.658. The molecule has 0 bridgehead atoms. The van der Waals surface area contributed by atoms with Crippen LogP contribution in [0.2, 0.25) is 0 Å². The molecule has 1 atom stereocenters. The SMILES string of the molecule is CCOCCN(CCOCC)C(=O)C1NCCCC1(C)C. The van der Waals surface area contributed by atoms with Crippen molar-refractivity contribution < 1.29 is 14.3 Å². The molecule has 0 spiro atoms. The van der Waals surface area contributed by atoms with Gasteiger partial charge in [0.25, 0.3) is 0 Å². The number of nitrogens with zero attached hydrogens (tertiary/aromatic N) is 1. The van der Waals surface area contributed by atoms with Crippen LogP contribution >= 0.6 is 0 Å². The zero-order chi connectivity index (χ0) is 15.7. The van der Waals surface area contributed by atoms with Crippen molar-refractivity contribution in [3.8, 4) is 0 Å². The molecule has 1 aliphatic heterocycles. The standard InChI is InChI=1S/C16H32N2O3/c1-5-20-12-10-18(11-13-21-6-2)15(19)14-16(3,4)8-7-9-17-14/h14,17H,5-13H2,1-4H3. The van der Waals surface area contributed by atoms with Crippen LogP contribution in [0, 0.1) is 5.41 Å². The Morgan fingerprint density at radius 3 is 2.24 bits per heavy atom. The van der Waals surface area contributed by atoms with Crippen LogP contribution in [0.1, 0.15) is 40.5 Å².